The third kappa shape index (κ3) is 7.41. The van der Waals surface area contributed by atoms with Gasteiger partial charge in [0, 0.05) is 5.56 Å². The first-order valence-electron chi connectivity index (χ1n) is 15.6. The van der Waals surface area contributed by atoms with E-state index in [0.29, 0.717) is 22.4 Å². The smallest absolute Gasteiger partial charge is 0.338 e. The van der Waals surface area contributed by atoms with Crippen LogP contribution >= 0.6 is 0 Å². The monoisotopic (exact) mass is 652 g/mol. The highest BCUT2D eigenvalue weighted by atomic mass is 16.8. The van der Waals surface area contributed by atoms with E-state index in [0.717, 1.165) is 16.7 Å². The third-order valence-electron chi connectivity index (χ3n) is 8.24. The normalized spacial score (nSPS) is 23.1. The summed E-state index contributed by atoms with van der Waals surface area (Å²) in [6.07, 6.45) is -6.54. The average molecular weight is 653 g/mol. The Hall–Kier alpha value is -5.03. The molecule has 0 spiro atoms. The number of fused-ring (bicyclic) bond motifs is 1. The minimum absolute atomic E-state index is 0.279. The number of carbonyl (C=O) groups is 3. The van der Waals surface area contributed by atoms with Crippen LogP contribution < -0.4 is 4.74 Å². The number of benzene rings is 4. The first-order valence-corrected chi connectivity index (χ1v) is 15.6. The molecule has 0 N–H and O–H groups in total. The van der Waals surface area contributed by atoms with Gasteiger partial charge in [-0.15, -0.1) is 0 Å². The molecule has 2 aliphatic rings. The fourth-order valence-corrected chi connectivity index (χ4v) is 5.45. The number of carbonyl (C=O) groups excluding carboxylic acids is 3. The third-order valence-corrected chi connectivity index (χ3v) is 8.24. The van der Waals surface area contributed by atoms with Crippen LogP contribution in [0.1, 0.15) is 59.6 Å². The molecule has 4 aromatic rings. The van der Waals surface area contributed by atoms with Gasteiger partial charge in [-0.2, -0.15) is 0 Å². The Kier molecular flexibility index (Phi) is 9.86. The number of esters is 3. The summed E-state index contributed by atoms with van der Waals surface area (Å²) in [6, 6.07) is 27.7. The Morgan fingerprint density at radius 3 is 1.56 bits per heavy atom. The van der Waals surface area contributed by atoms with Gasteiger partial charge in [-0.3, -0.25) is 0 Å². The Bertz CT molecular complexity index is 1730. The zero-order chi connectivity index (χ0) is 33.8. The van der Waals surface area contributed by atoms with Crippen LogP contribution in [-0.2, 0) is 28.4 Å². The Morgan fingerprint density at radius 2 is 1.06 bits per heavy atom. The zero-order valence-electron chi connectivity index (χ0n) is 27.0. The van der Waals surface area contributed by atoms with Crippen molar-refractivity contribution in [1.29, 1.82) is 0 Å². The molecule has 4 aromatic carbocycles. The summed E-state index contributed by atoms with van der Waals surface area (Å²) in [4.78, 5) is 40.1. The topological polar surface area (TPSA) is 116 Å². The van der Waals surface area contributed by atoms with E-state index in [4.69, 9.17) is 33.2 Å². The molecule has 48 heavy (non-hydrogen) atoms. The second-order valence-electron chi connectivity index (χ2n) is 11.8. The van der Waals surface area contributed by atoms with Crippen molar-refractivity contribution >= 4 is 17.9 Å². The lowest BCUT2D eigenvalue weighted by Crippen LogP contribution is -2.60. The van der Waals surface area contributed by atoms with Gasteiger partial charge in [0.15, 0.2) is 30.9 Å². The summed E-state index contributed by atoms with van der Waals surface area (Å²) in [7, 11) is 1.57. The molecule has 2 saturated heterocycles. The first kappa shape index (κ1) is 32.9. The summed E-state index contributed by atoms with van der Waals surface area (Å²) in [5.41, 5.74) is 4.48. The number of ether oxygens (including phenoxy) is 7. The molecule has 2 heterocycles. The number of methoxy groups -OCH3 is 1. The van der Waals surface area contributed by atoms with Crippen LogP contribution in [0.3, 0.4) is 0 Å². The summed E-state index contributed by atoms with van der Waals surface area (Å²) in [5.74, 6) is -1.30. The maximum Gasteiger partial charge on any atom is 0.338 e. The van der Waals surface area contributed by atoms with Gasteiger partial charge in [-0.05, 0) is 69.3 Å². The zero-order valence-corrected chi connectivity index (χ0v) is 27.0. The van der Waals surface area contributed by atoms with Gasteiger partial charge in [0.25, 0.3) is 0 Å². The molecular formula is C38H36O10. The molecule has 0 bridgehead atoms. The maximum absolute atomic E-state index is 13.6. The lowest BCUT2D eigenvalue weighted by atomic mass is 9.98. The van der Waals surface area contributed by atoms with Crippen molar-refractivity contribution in [2.45, 2.75) is 57.8 Å². The van der Waals surface area contributed by atoms with Crippen molar-refractivity contribution in [3.05, 3.63) is 136 Å². The highest BCUT2D eigenvalue weighted by Crippen LogP contribution is 2.41. The van der Waals surface area contributed by atoms with Gasteiger partial charge in [0.05, 0.1) is 23.8 Å². The van der Waals surface area contributed by atoms with E-state index in [1.807, 2.05) is 20.8 Å². The van der Waals surface area contributed by atoms with E-state index in [2.05, 4.69) is 0 Å². The van der Waals surface area contributed by atoms with Crippen LogP contribution in [0.25, 0.3) is 0 Å². The van der Waals surface area contributed by atoms with Crippen LogP contribution in [0.5, 0.6) is 5.75 Å². The molecule has 0 aromatic heterocycles. The fraction of sp³-hybridized carbons (Fsp3) is 0.289. The van der Waals surface area contributed by atoms with Gasteiger partial charge in [0.2, 0.25) is 0 Å². The minimum Gasteiger partial charge on any atom is -0.497 e. The van der Waals surface area contributed by atoms with E-state index >= 15 is 0 Å². The standard InChI is InChI=1S/C38H36O10/c1-22-5-11-25(12-6-22)34(39)43-21-30-31(45-35(40)26-13-7-23(2)8-14-26)32(46-36(41)27-15-9-24(3)10-16-27)33-38(44-30)48-37(47-33)28-17-19-29(42-4)20-18-28/h5-20,30-33,37-38H,21H2,1-4H3/t30-,31-,32+,33-,37?,38-/m1/s1. The summed E-state index contributed by atoms with van der Waals surface area (Å²) in [5, 5.41) is 0. The largest absolute Gasteiger partial charge is 0.497 e. The molecule has 10 nitrogen and oxygen atoms in total. The highest BCUT2D eigenvalue weighted by molar-refractivity contribution is 5.91. The quantitative estimate of drug-likeness (QED) is 0.156. The van der Waals surface area contributed by atoms with Crippen molar-refractivity contribution in [2.75, 3.05) is 13.7 Å². The Labute approximate surface area is 278 Å². The van der Waals surface area contributed by atoms with E-state index in [1.165, 1.54) is 0 Å². The number of rotatable bonds is 9. The van der Waals surface area contributed by atoms with Crippen LogP contribution in [0.2, 0.25) is 0 Å². The van der Waals surface area contributed by atoms with E-state index in [-0.39, 0.29) is 12.2 Å². The molecular weight excluding hydrogens is 616 g/mol. The SMILES string of the molecule is COc1ccc(C2O[C@H]3O[C@H](COC(=O)c4ccc(C)cc4)[C@@H](OC(=O)c4ccc(C)cc4)[C@H](OC(=O)c4ccc(C)cc4)[C@H]3O2)cc1. The van der Waals surface area contributed by atoms with Crippen LogP contribution in [0, 0.1) is 20.8 Å². The Balaban J connectivity index is 1.32. The summed E-state index contributed by atoms with van der Waals surface area (Å²) in [6.45, 7) is 5.39. The van der Waals surface area contributed by atoms with Crippen molar-refractivity contribution in [1.82, 2.24) is 0 Å². The maximum atomic E-state index is 13.6. The molecule has 10 heteroatoms. The molecule has 0 radical (unpaired) electrons. The predicted octanol–water partition coefficient (Wildman–Crippen LogP) is 6.07. The number of hydrogen-bond donors (Lipinski definition) is 0. The molecule has 248 valence electrons. The van der Waals surface area contributed by atoms with Crippen molar-refractivity contribution < 1.29 is 47.5 Å². The predicted molar refractivity (Wildman–Crippen MR) is 173 cm³/mol. The highest BCUT2D eigenvalue weighted by Gasteiger charge is 2.56. The molecule has 1 unspecified atom stereocenters. The van der Waals surface area contributed by atoms with E-state index < -0.39 is 54.9 Å². The van der Waals surface area contributed by atoms with Crippen molar-refractivity contribution in [3.63, 3.8) is 0 Å². The van der Waals surface area contributed by atoms with Crippen molar-refractivity contribution in [3.8, 4) is 5.75 Å². The second-order valence-corrected chi connectivity index (χ2v) is 11.8. The van der Waals surface area contributed by atoms with Crippen LogP contribution in [-0.4, -0.2) is 62.3 Å². The van der Waals surface area contributed by atoms with Gasteiger partial charge in [0.1, 0.15) is 18.5 Å². The lowest BCUT2D eigenvalue weighted by molar-refractivity contribution is -0.252. The van der Waals surface area contributed by atoms with E-state index in [9.17, 15) is 14.4 Å². The molecule has 6 rings (SSSR count). The van der Waals surface area contributed by atoms with Gasteiger partial charge >= 0.3 is 17.9 Å². The van der Waals surface area contributed by atoms with Crippen LogP contribution in [0.15, 0.2) is 97.1 Å². The molecule has 0 amide bonds. The van der Waals surface area contributed by atoms with Gasteiger partial charge < -0.3 is 33.2 Å². The number of hydrogen-bond acceptors (Lipinski definition) is 10. The van der Waals surface area contributed by atoms with Crippen LogP contribution in [0.4, 0.5) is 0 Å². The molecule has 0 saturated carbocycles. The lowest BCUT2D eigenvalue weighted by Gasteiger charge is -2.41. The molecule has 2 aliphatic heterocycles. The van der Waals surface area contributed by atoms with Crippen molar-refractivity contribution in [2.24, 2.45) is 0 Å². The second kappa shape index (κ2) is 14.4. The molecule has 6 atom stereocenters. The molecule has 0 aliphatic carbocycles. The summed E-state index contributed by atoms with van der Waals surface area (Å²) < 4.78 is 41.9. The first-order chi connectivity index (χ1) is 23.2. The number of aryl methyl sites for hydroxylation is 3. The van der Waals surface area contributed by atoms with Gasteiger partial charge in [-0.1, -0.05) is 65.2 Å². The Morgan fingerprint density at radius 1 is 0.583 bits per heavy atom. The fourth-order valence-electron chi connectivity index (χ4n) is 5.45. The van der Waals surface area contributed by atoms with Gasteiger partial charge in [-0.25, -0.2) is 14.4 Å². The average Bonchev–Trinajstić information content (AvgIpc) is 3.53. The van der Waals surface area contributed by atoms with E-state index in [1.54, 1.807) is 104 Å². The minimum atomic E-state index is -1.25. The summed E-state index contributed by atoms with van der Waals surface area (Å²) >= 11 is 0. The molecule has 2 fully saturated rings.